The van der Waals surface area contributed by atoms with E-state index in [1.54, 1.807) is 6.07 Å². The fourth-order valence-electron chi connectivity index (χ4n) is 2.33. The van der Waals surface area contributed by atoms with Crippen LogP contribution in [0.1, 0.15) is 30.5 Å². The zero-order chi connectivity index (χ0) is 17.3. The third-order valence-electron chi connectivity index (χ3n) is 3.86. The van der Waals surface area contributed by atoms with E-state index < -0.39 is 22.7 Å². The van der Waals surface area contributed by atoms with Crippen LogP contribution in [-0.4, -0.2) is 37.0 Å². The minimum atomic E-state index is -4.63. The molecule has 0 spiro atoms. The number of sulfonamides is 1. The molecule has 1 aromatic rings. The maximum absolute atomic E-state index is 12.8. The first-order chi connectivity index (χ1) is 10.6. The monoisotopic (exact) mass is 347 g/mol. The van der Waals surface area contributed by atoms with Gasteiger partial charge in [0.2, 0.25) is 10.0 Å². The maximum Gasteiger partial charge on any atom is 0.402 e. The van der Waals surface area contributed by atoms with Gasteiger partial charge in [0.1, 0.15) is 17.5 Å². The van der Waals surface area contributed by atoms with Gasteiger partial charge in [-0.05, 0) is 31.7 Å². The van der Waals surface area contributed by atoms with E-state index in [4.69, 9.17) is 5.26 Å². The summed E-state index contributed by atoms with van der Waals surface area (Å²) >= 11 is 0. The Kier molecular flexibility index (Phi) is 4.96. The quantitative estimate of drug-likeness (QED) is 0.821. The van der Waals surface area contributed by atoms with Gasteiger partial charge in [0.05, 0.1) is 11.3 Å². The van der Waals surface area contributed by atoms with Crippen molar-refractivity contribution < 1.29 is 21.6 Å². The van der Waals surface area contributed by atoms with E-state index in [1.807, 2.05) is 0 Å². The summed E-state index contributed by atoms with van der Waals surface area (Å²) < 4.78 is 63.8. The van der Waals surface area contributed by atoms with Crippen molar-refractivity contribution in [3.8, 4) is 6.07 Å². The van der Waals surface area contributed by atoms with Gasteiger partial charge in [-0.3, -0.25) is 4.98 Å². The standard InChI is InChI=1S/C14H16F3N3O2S/c1-10-12(6-18)5-13(7-19-10)23(21,22)20(9-14(15,16)17)8-11-3-2-4-11/h5,7,11H,2-4,8-9H2,1H3. The lowest BCUT2D eigenvalue weighted by Gasteiger charge is -2.32. The molecule has 1 aliphatic carbocycles. The molecule has 0 saturated heterocycles. The van der Waals surface area contributed by atoms with Crippen LogP contribution >= 0.6 is 0 Å². The number of nitriles is 1. The fourth-order valence-corrected chi connectivity index (χ4v) is 3.80. The molecule has 0 aliphatic heterocycles. The first kappa shape index (κ1) is 17.7. The second kappa shape index (κ2) is 6.45. The third-order valence-corrected chi connectivity index (χ3v) is 5.64. The van der Waals surface area contributed by atoms with Gasteiger partial charge in [0, 0.05) is 12.7 Å². The molecule has 5 nitrogen and oxygen atoms in total. The molecule has 0 unspecified atom stereocenters. The number of aryl methyl sites for hydroxylation is 1. The first-order valence-corrected chi connectivity index (χ1v) is 8.51. The second-order valence-electron chi connectivity index (χ2n) is 5.63. The van der Waals surface area contributed by atoms with Gasteiger partial charge < -0.3 is 0 Å². The summed E-state index contributed by atoms with van der Waals surface area (Å²) in [5.74, 6) is -0.0547. The summed E-state index contributed by atoms with van der Waals surface area (Å²) in [6.45, 7) is -0.185. The van der Waals surface area contributed by atoms with Crippen LogP contribution in [0.25, 0.3) is 0 Å². The van der Waals surface area contributed by atoms with Gasteiger partial charge in [0.25, 0.3) is 0 Å². The Morgan fingerprint density at radius 2 is 2.09 bits per heavy atom. The summed E-state index contributed by atoms with van der Waals surface area (Å²) in [5.41, 5.74) is 0.356. The number of alkyl halides is 3. The average Bonchev–Trinajstić information content (AvgIpc) is 2.40. The molecule has 0 N–H and O–H groups in total. The van der Waals surface area contributed by atoms with Gasteiger partial charge in [-0.15, -0.1) is 0 Å². The van der Waals surface area contributed by atoms with E-state index in [-0.39, 0.29) is 22.9 Å². The van der Waals surface area contributed by atoms with Crippen LogP contribution in [0.2, 0.25) is 0 Å². The molecule has 1 aromatic heterocycles. The van der Waals surface area contributed by atoms with Crippen molar-refractivity contribution in [3.05, 3.63) is 23.5 Å². The van der Waals surface area contributed by atoms with E-state index in [9.17, 15) is 21.6 Å². The predicted molar refractivity (Wildman–Crippen MR) is 75.8 cm³/mol. The molecule has 0 amide bonds. The third kappa shape index (κ3) is 4.20. The zero-order valence-electron chi connectivity index (χ0n) is 12.5. The van der Waals surface area contributed by atoms with Crippen LogP contribution in [0.4, 0.5) is 13.2 Å². The topological polar surface area (TPSA) is 74.1 Å². The number of nitrogens with zero attached hydrogens (tertiary/aromatic N) is 3. The smallest absolute Gasteiger partial charge is 0.259 e. The zero-order valence-corrected chi connectivity index (χ0v) is 13.3. The van der Waals surface area contributed by atoms with Gasteiger partial charge in [-0.2, -0.15) is 22.7 Å². The van der Waals surface area contributed by atoms with Gasteiger partial charge in [-0.1, -0.05) is 6.42 Å². The molecular formula is C14H16F3N3O2S. The number of rotatable bonds is 5. The molecule has 0 atom stereocenters. The highest BCUT2D eigenvalue weighted by Crippen LogP contribution is 2.31. The second-order valence-corrected chi connectivity index (χ2v) is 7.56. The van der Waals surface area contributed by atoms with Crippen molar-refractivity contribution in [1.82, 2.24) is 9.29 Å². The van der Waals surface area contributed by atoms with E-state index in [0.29, 0.717) is 10.00 Å². The fraction of sp³-hybridized carbons (Fsp3) is 0.571. The van der Waals surface area contributed by atoms with Crippen molar-refractivity contribution in [2.24, 2.45) is 5.92 Å². The van der Waals surface area contributed by atoms with Crippen molar-refractivity contribution in [2.45, 2.75) is 37.3 Å². The number of hydrogen-bond acceptors (Lipinski definition) is 4. The van der Waals surface area contributed by atoms with Crippen LogP contribution in [0.5, 0.6) is 0 Å². The lowest BCUT2D eigenvalue weighted by Crippen LogP contribution is -2.43. The molecule has 9 heteroatoms. The first-order valence-electron chi connectivity index (χ1n) is 7.07. The molecule has 0 radical (unpaired) electrons. The normalized spacial score (nSPS) is 16.2. The minimum absolute atomic E-state index is 0.0293. The molecule has 0 aromatic carbocycles. The number of hydrogen-bond donors (Lipinski definition) is 0. The number of aromatic nitrogens is 1. The van der Waals surface area contributed by atoms with Crippen LogP contribution in [-0.2, 0) is 10.0 Å². The van der Waals surface area contributed by atoms with Crippen molar-refractivity contribution >= 4 is 10.0 Å². The largest absolute Gasteiger partial charge is 0.402 e. The van der Waals surface area contributed by atoms with Crippen LogP contribution in [0, 0.1) is 24.2 Å². The van der Waals surface area contributed by atoms with Crippen LogP contribution in [0.3, 0.4) is 0 Å². The number of pyridine rings is 1. The summed E-state index contributed by atoms with van der Waals surface area (Å²) in [4.78, 5) is 3.41. The van der Waals surface area contributed by atoms with E-state index in [2.05, 4.69) is 4.98 Å². The molecule has 0 bridgehead atoms. The van der Waals surface area contributed by atoms with Gasteiger partial charge in [-0.25, -0.2) is 8.42 Å². The maximum atomic E-state index is 12.8. The molecule has 2 rings (SSSR count). The van der Waals surface area contributed by atoms with Crippen LogP contribution in [0.15, 0.2) is 17.2 Å². The summed E-state index contributed by atoms with van der Waals surface area (Å²) in [6.07, 6.45) is -1.29. The molecule has 126 valence electrons. The van der Waals surface area contributed by atoms with Crippen molar-refractivity contribution in [1.29, 1.82) is 5.26 Å². The Bertz CT molecular complexity index is 722. The van der Waals surface area contributed by atoms with Gasteiger partial charge >= 0.3 is 6.18 Å². The molecule has 1 heterocycles. The van der Waals surface area contributed by atoms with Crippen LogP contribution < -0.4 is 0 Å². The Morgan fingerprint density at radius 1 is 1.43 bits per heavy atom. The van der Waals surface area contributed by atoms with E-state index in [0.717, 1.165) is 31.5 Å². The molecular weight excluding hydrogens is 331 g/mol. The highest BCUT2D eigenvalue weighted by Gasteiger charge is 2.39. The number of halogens is 3. The SMILES string of the molecule is Cc1ncc(S(=O)(=O)N(CC2CCC2)CC(F)(F)F)cc1C#N. The van der Waals surface area contributed by atoms with Gasteiger partial charge in [0.15, 0.2) is 0 Å². The highest BCUT2D eigenvalue weighted by atomic mass is 32.2. The Morgan fingerprint density at radius 3 is 2.57 bits per heavy atom. The molecule has 1 saturated carbocycles. The summed E-state index contributed by atoms with van der Waals surface area (Å²) in [5, 5.41) is 8.95. The molecule has 23 heavy (non-hydrogen) atoms. The Hall–Kier alpha value is -1.66. The summed E-state index contributed by atoms with van der Waals surface area (Å²) in [6, 6.07) is 2.86. The summed E-state index contributed by atoms with van der Waals surface area (Å²) in [7, 11) is -4.36. The lowest BCUT2D eigenvalue weighted by molar-refractivity contribution is -0.137. The van der Waals surface area contributed by atoms with Crippen molar-refractivity contribution in [3.63, 3.8) is 0 Å². The van der Waals surface area contributed by atoms with Crippen molar-refractivity contribution in [2.75, 3.05) is 13.1 Å². The Balaban J connectivity index is 2.36. The molecule has 1 fully saturated rings. The Labute approximate surface area is 132 Å². The van der Waals surface area contributed by atoms with E-state index >= 15 is 0 Å². The minimum Gasteiger partial charge on any atom is -0.259 e. The average molecular weight is 347 g/mol. The molecule has 1 aliphatic rings. The highest BCUT2D eigenvalue weighted by molar-refractivity contribution is 7.89. The van der Waals surface area contributed by atoms with E-state index in [1.165, 1.54) is 6.92 Å². The lowest BCUT2D eigenvalue weighted by atomic mass is 9.85. The predicted octanol–water partition coefficient (Wildman–Crippen LogP) is 2.61.